The minimum absolute atomic E-state index is 0.0392. The van der Waals surface area contributed by atoms with Gasteiger partial charge in [0.2, 0.25) is 0 Å². The Hall–Kier alpha value is -1.22. The van der Waals surface area contributed by atoms with Gasteiger partial charge in [0.05, 0.1) is 32.3 Å². The third kappa shape index (κ3) is 3.99. The largest absolute Gasteiger partial charge is 0.306 e. The number of fused-ring (bicyclic) bond motifs is 1. The number of thiophene rings is 2. The lowest BCUT2D eigenvalue weighted by atomic mass is 10.1. The number of rotatable bonds is 10. The zero-order valence-corrected chi connectivity index (χ0v) is 21.2. The standard InChI is InChI=1S/C22H22Br2N2O2S2/c23-9-1-3-11-25-19(15-7-5-13-29-15)17-18(21(25)27)20(16-8-6-14-30-16)26(22(17)28)12-4-2-10-24/h5-8,13-14H,1-4,9-12H2. The Morgan fingerprint density at radius 3 is 1.47 bits per heavy atom. The maximum atomic E-state index is 13.7. The van der Waals surface area contributed by atoms with E-state index in [1.54, 1.807) is 22.7 Å². The van der Waals surface area contributed by atoms with E-state index in [4.69, 9.17) is 0 Å². The van der Waals surface area contributed by atoms with E-state index < -0.39 is 0 Å². The molecule has 2 amide bonds. The van der Waals surface area contributed by atoms with Gasteiger partial charge in [0.25, 0.3) is 11.8 Å². The fourth-order valence-corrected chi connectivity index (χ4v) is 6.25. The molecule has 2 aliphatic heterocycles. The average molecular weight is 570 g/mol. The van der Waals surface area contributed by atoms with Crippen molar-refractivity contribution in [2.45, 2.75) is 25.7 Å². The highest BCUT2D eigenvalue weighted by atomic mass is 79.9. The Bertz CT molecular complexity index is 901. The molecule has 4 heterocycles. The summed E-state index contributed by atoms with van der Waals surface area (Å²) in [5.41, 5.74) is 2.76. The van der Waals surface area contributed by atoms with Gasteiger partial charge in [-0.1, -0.05) is 44.0 Å². The van der Waals surface area contributed by atoms with Crippen LogP contribution in [0.25, 0.3) is 11.4 Å². The highest BCUT2D eigenvalue weighted by Gasteiger charge is 2.48. The van der Waals surface area contributed by atoms with E-state index in [1.807, 2.05) is 44.8 Å². The third-order valence-electron chi connectivity index (χ3n) is 5.22. The number of hydrogen-bond acceptors (Lipinski definition) is 4. The maximum absolute atomic E-state index is 13.7. The molecule has 8 heteroatoms. The Kier molecular flexibility index (Phi) is 7.28. The van der Waals surface area contributed by atoms with Crippen LogP contribution in [-0.2, 0) is 9.59 Å². The summed E-state index contributed by atoms with van der Waals surface area (Å²) in [6, 6.07) is 7.96. The monoisotopic (exact) mass is 568 g/mol. The van der Waals surface area contributed by atoms with Gasteiger partial charge in [0.15, 0.2) is 0 Å². The number of carbonyl (C=O) groups is 2. The van der Waals surface area contributed by atoms with Crippen LogP contribution in [0.1, 0.15) is 35.4 Å². The van der Waals surface area contributed by atoms with E-state index in [1.165, 1.54) is 0 Å². The van der Waals surface area contributed by atoms with Crippen molar-refractivity contribution in [1.82, 2.24) is 9.80 Å². The first-order chi connectivity index (χ1) is 14.7. The average Bonchev–Trinajstić information content (AvgIpc) is 3.52. The Morgan fingerprint density at radius 2 is 1.13 bits per heavy atom. The molecule has 0 fully saturated rings. The van der Waals surface area contributed by atoms with Gasteiger partial charge in [-0.2, -0.15) is 0 Å². The molecule has 0 saturated carbocycles. The van der Waals surface area contributed by atoms with Gasteiger partial charge in [-0.3, -0.25) is 9.59 Å². The van der Waals surface area contributed by atoms with Crippen molar-refractivity contribution in [2.75, 3.05) is 23.7 Å². The number of amides is 2. The van der Waals surface area contributed by atoms with Crippen LogP contribution in [-0.4, -0.2) is 45.4 Å². The summed E-state index contributed by atoms with van der Waals surface area (Å²) < 4.78 is 0. The summed E-state index contributed by atoms with van der Waals surface area (Å²) in [6.07, 6.45) is 3.76. The second-order valence-electron chi connectivity index (χ2n) is 7.11. The molecule has 2 aromatic heterocycles. The van der Waals surface area contributed by atoms with Gasteiger partial charge in [-0.25, -0.2) is 0 Å². The lowest BCUT2D eigenvalue weighted by Gasteiger charge is -2.24. The van der Waals surface area contributed by atoms with Crippen LogP contribution in [0.4, 0.5) is 0 Å². The number of halogens is 2. The van der Waals surface area contributed by atoms with E-state index in [0.29, 0.717) is 24.2 Å². The first-order valence-corrected chi connectivity index (χ1v) is 14.0. The van der Waals surface area contributed by atoms with E-state index in [-0.39, 0.29) is 11.8 Å². The minimum atomic E-state index is -0.0392. The fraction of sp³-hybridized carbons (Fsp3) is 0.364. The van der Waals surface area contributed by atoms with Gasteiger partial charge < -0.3 is 9.80 Å². The van der Waals surface area contributed by atoms with Crippen molar-refractivity contribution in [3.05, 3.63) is 55.9 Å². The normalized spacial score (nSPS) is 16.5. The Labute approximate surface area is 201 Å². The van der Waals surface area contributed by atoms with Crippen LogP contribution in [0.15, 0.2) is 46.2 Å². The van der Waals surface area contributed by atoms with Crippen LogP contribution in [0.3, 0.4) is 0 Å². The number of hydrogen-bond donors (Lipinski definition) is 0. The van der Waals surface area contributed by atoms with Crippen LogP contribution >= 0.6 is 54.5 Å². The molecule has 158 valence electrons. The maximum Gasteiger partial charge on any atom is 0.261 e. The summed E-state index contributed by atoms with van der Waals surface area (Å²) in [5.74, 6) is -0.0783. The third-order valence-corrected chi connectivity index (χ3v) is 8.10. The zero-order chi connectivity index (χ0) is 21.1. The quantitative estimate of drug-likeness (QED) is 0.261. The molecule has 4 nitrogen and oxygen atoms in total. The van der Waals surface area contributed by atoms with Crippen molar-refractivity contribution < 1.29 is 9.59 Å². The number of unbranched alkanes of at least 4 members (excludes halogenated alkanes) is 2. The molecule has 30 heavy (non-hydrogen) atoms. The summed E-state index contributed by atoms with van der Waals surface area (Å²) in [4.78, 5) is 32.9. The van der Waals surface area contributed by atoms with Gasteiger partial charge in [-0.05, 0) is 48.6 Å². The molecule has 2 aromatic rings. The topological polar surface area (TPSA) is 40.6 Å². The Balaban J connectivity index is 1.83. The van der Waals surface area contributed by atoms with E-state index >= 15 is 0 Å². The van der Waals surface area contributed by atoms with E-state index in [9.17, 15) is 9.59 Å². The summed E-state index contributed by atoms with van der Waals surface area (Å²) in [6.45, 7) is 1.25. The molecule has 4 rings (SSSR count). The molecule has 0 unspecified atom stereocenters. The first kappa shape index (κ1) is 22.0. The summed E-state index contributed by atoms with van der Waals surface area (Å²) in [7, 11) is 0. The predicted molar refractivity (Wildman–Crippen MR) is 132 cm³/mol. The van der Waals surface area contributed by atoms with Crippen molar-refractivity contribution >= 4 is 77.7 Å². The van der Waals surface area contributed by atoms with E-state index in [0.717, 1.165) is 57.5 Å². The van der Waals surface area contributed by atoms with Crippen molar-refractivity contribution in [3.8, 4) is 0 Å². The lowest BCUT2D eigenvalue weighted by molar-refractivity contribution is -0.124. The summed E-state index contributed by atoms with van der Waals surface area (Å²) >= 11 is 10.1. The van der Waals surface area contributed by atoms with Crippen LogP contribution in [0.2, 0.25) is 0 Å². The zero-order valence-electron chi connectivity index (χ0n) is 16.4. The molecule has 0 atom stereocenters. The highest BCUT2D eigenvalue weighted by molar-refractivity contribution is 9.09. The molecule has 0 bridgehead atoms. The van der Waals surface area contributed by atoms with Crippen LogP contribution in [0, 0.1) is 0 Å². The molecule has 0 spiro atoms. The Morgan fingerprint density at radius 1 is 0.700 bits per heavy atom. The van der Waals surface area contributed by atoms with Gasteiger partial charge in [0, 0.05) is 23.7 Å². The van der Waals surface area contributed by atoms with Crippen molar-refractivity contribution in [3.63, 3.8) is 0 Å². The minimum Gasteiger partial charge on any atom is -0.306 e. The molecular formula is C22H22Br2N2O2S2. The summed E-state index contributed by atoms with van der Waals surface area (Å²) in [5, 5.41) is 5.81. The first-order valence-electron chi connectivity index (χ1n) is 10.0. The smallest absolute Gasteiger partial charge is 0.261 e. The van der Waals surface area contributed by atoms with E-state index in [2.05, 4.69) is 31.9 Å². The highest BCUT2D eigenvalue weighted by Crippen LogP contribution is 2.48. The number of nitrogens with zero attached hydrogens (tertiary/aromatic N) is 2. The lowest BCUT2D eigenvalue weighted by Crippen LogP contribution is -2.30. The van der Waals surface area contributed by atoms with Crippen molar-refractivity contribution in [1.29, 1.82) is 0 Å². The molecule has 0 radical (unpaired) electrons. The predicted octanol–water partition coefficient (Wildman–Crippen LogP) is 5.97. The van der Waals surface area contributed by atoms with Gasteiger partial charge in [-0.15, -0.1) is 22.7 Å². The molecule has 0 aliphatic carbocycles. The molecule has 0 aromatic carbocycles. The SMILES string of the molecule is O=C1C2=C(c3cccs3)N(CCCCBr)C(=O)C2=C(c2cccs2)N1CCCCBr. The van der Waals surface area contributed by atoms with Crippen molar-refractivity contribution in [2.24, 2.45) is 0 Å². The molecule has 0 saturated heterocycles. The molecule has 2 aliphatic rings. The number of alkyl halides is 2. The van der Waals surface area contributed by atoms with Gasteiger partial charge >= 0.3 is 0 Å². The second kappa shape index (κ2) is 9.94. The van der Waals surface area contributed by atoms with Crippen LogP contribution < -0.4 is 0 Å². The number of carbonyl (C=O) groups excluding carboxylic acids is 2. The molecular weight excluding hydrogens is 548 g/mol. The fourth-order valence-electron chi connectivity index (χ4n) is 3.89. The van der Waals surface area contributed by atoms with Crippen LogP contribution in [0.5, 0.6) is 0 Å². The second-order valence-corrected chi connectivity index (χ2v) is 10.6. The van der Waals surface area contributed by atoms with Gasteiger partial charge in [0.1, 0.15) is 0 Å². The molecule has 0 N–H and O–H groups in total.